The van der Waals surface area contributed by atoms with E-state index < -0.39 is 0 Å². The van der Waals surface area contributed by atoms with Crippen LogP contribution < -0.4 is 5.32 Å². The number of rotatable bonds is 2. The molecular weight excluding hydrogens is 288 g/mol. The Hall–Kier alpha value is -0.280. The van der Waals surface area contributed by atoms with Crippen LogP contribution in [0.15, 0.2) is 16.7 Å². The summed E-state index contributed by atoms with van der Waals surface area (Å²) in [5, 5.41) is 4.14. The summed E-state index contributed by atoms with van der Waals surface area (Å²) < 4.78 is 0.943. The maximum absolute atomic E-state index is 5.86. The first-order valence-electron chi connectivity index (χ1n) is 5.72. The zero-order valence-corrected chi connectivity index (χ0v) is 11.7. The Bertz CT molecular complexity index is 362. The van der Waals surface area contributed by atoms with Crippen LogP contribution in [-0.4, -0.2) is 11.0 Å². The second-order valence-corrected chi connectivity index (χ2v) is 5.88. The van der Waals surface area contributed by atoms with Gasteiger partial charge in [0, 0.05) is 12.2 Å². The van der Waals surface area contributed by atoms with Gasteiger partial charge in [-0.1, -0.05) is 18.5 Å². The van der Waals surface area contributed by atoms with Crippen LogP contribution in [0.1, 0.15) is 32.6 Å². The fourth-order valence-electron chi connectivity index (χ4n) is 2.12. The minimum absolute atomic E-state index is 0.557. The van der Waals surface area contributed by atoms with Gasteiger partial charge < -0.3 is 5.32 Å². The lowest BCUT2D eigenvalue weighted by Gasteiger charge is -2.27. The van der Waals surface area contributed by atoms with Crippen LogP contribution in [0, 0.1) is 5.92 Å². The number of hydrogen-bond donors (Lipinski definition) is 1. The predicted octanol–water partition coefficient (Wildman–Crippen LogP) is 4.49. The fourth-order valence-corrected chi connectivity index (χ4v) is 2.87. The Kier molecular flexibility index (Phi) is 4.09. The molecule has 1 saturated carbocycles. The molecule has 0 aliphatic heterocycles. The summed E-state index contributed by atoms with van der Waals surface area (Å²) >= 11 is 9.33. The van der Waals surface area contributed by atoms with Gasteiger partial charge in [-0.25, -0.2) is 4.98 Å². The number of pyridine rings is 1. The van der Waals surface area contributed by atoms with E-state index in [2.05, 4.69) is 33.2 Å². The summed E-state index contributed by atoms with van der Waals surface area (Å²) in [4.78, 5) is 4.30. The second-order valence-electron chi connectivity index (χ2n) is 4.59. The molecule has 1 aromatic rings. The first-order valence-corrected chi connectivity index (χ1v) is 6.90. The van der Waals surface area contributed by atoms with E-state index in [0.29, 0.717) is 11.1 Å². The Balaban J connectivity index is 1.98. The van der Waals surface area contributed by atoms with Gasteiger partial charge in [-0.05, 0) is 53.6 Å². The van der Waals surface area contributed by atoms with Crippen molar-refractivity contribution in [1.82, 2.24) is 4.98 Å². The normalized spacial score (nSPS) is 25.4. The minimum atomic E-state index is 0.557. The molecule has 1 N–H and O–H groups in total. The van der Waals surface area contributed by atoms with Crippen LogP contribution in [0.4, 0.5) is 5.82 Å². The van der Waals surface area contributed by atoms with Crippen molar-refractivity contribution in [2.24, 2.45) is 5.92 Å². The first kappa shape index (κ1) is 12.2. The molecule has 0 radical (unpaired) electrons. The van der Waals surface area contributed by atoms with Crippen LogP contribution in [0.3, 0.4) is 0 Å². The Morgan fingerprint density at radius 2 is 2.06 bits per heavy atom. The molecular formula is C12H16BrClN2. The third-order valence-electron chi connectivity index (χ3n) is 3.16. The number of halogens is 2. The second kappa shape index (κ2) is 5.37. The van der Waals surface area contributed by atoms with Crippen LogP contribution in [0.2, 0.25) is 5.02 Å². The van der Waals surface area contributed by atoms with Crippen molar-refractivity contribution in [2.75, 3.05) is 5.32 Å². The number of hydrogen-bond acceptors (Lipinski definition) is 2. The van der Waals surface area contributed by atoms with E-state index in [9.17, 15) is 0 Å². The fraction of sp³-hybridized carbons (Fsp3) is 0.583. The lowest BCUT2D eigenvalue weighted by atomic mass is 9.87. The highest BCUT2D eigenvalue weighted by Crippen LogP contribution is 2.29. The van der Waals surface area contributed by atoms with Crippen molar-refractivity contribution in [2.45, 2.75) is 38.6 Å². The lowest BCUT2D eigenvalue weighted by molar-refractivity contribution is 0.360. The van der Waals surface area contributed by atoms with E-state index in [1.165, 1.54) is 25.7 Å². The maximum atomic E-state index is 5.86. The standard InChI is InChI=1S/C12H16BrClN2/c1-8-2-4-10(5-3-8)16-12-11(13)6-9(14)7-15-12/h6-8,10H,2-5H2,1H3,(H,15,16). The highest BCUT2D eigenvalue weighted by atomic mass is 79.9. The number of nitrogens with one attached hydrogen (secondary N) is 1. The van der Waals surface area contributed by atoms with Gasteiger partial charge in [-0.15, -0.1) is 0 Å². The molecule has 0 aromatic carbocycles. The third-order valence-corrected chi connectivity index (χ3v) is 3.98. The van der Waals surface area contributed by atoms with E-state index in [1.54, 1.807) is 6.20 Å². The highest BCUT2D eigenvalue weighted by Gasteiger charge is 2.18. The smallest absolute Gasteiger partial charge is 0.140 e. The molecule has 88 valence electrons. The van der Waals surface area contributed by atoms with Crippen LogP contribution in [0.5, 0.6) is 0 Å². The quantitative estimate of drug-likeness (QED) is 0.871. The predicted molar refractivity (Wildman–Crippen MR) is 72.0 cm³/mol. The van der Waals surface area contributed by atoms with E-state index >= 15 is 0 Å². The van der Waals surface area contributed by atoms with E-state index in [-0.39, 0.29) is 0 Å². The van der Waals surface area contributed by atoms with Gasteiger partial charge in [0.15, 0.2) is 0 Å². The van der Waals surface area contributed by atoms with Gasteiger partial charge in [0.2, 0.25) is 0 Å². The zero-order chi connectivity index (χ0) is 11.5. The van der Waals surface area contributed by atoms with E-state index in [0.717, 1.165) is 16.2 Å². The van der Waals surface area contributed by atoms with Gasteiger partial charge in [0.05, 0.1) is 9.50 Å². The van der Waals surface area contributed by atoms with Crippen molar-refractivity contribution in [1.29, 1.82) is 0 Å². The summed E-state index contributed by atoms with van der Waals surface area (Å²) in [6, 6.07) is 2.43. The van der Waals surface area contributed by atoms with Crippen molar-refractivity contribution in [3.05, 3.63) is 21.8 Å². The van der Waals surface area contributed by atoms with Crippen LogP contribution in [0.25, 0.3) is 0 Å². The molecule has 16 heavy (non-hydrogen) atoms. The maximum Gasteiger partial charge on any atom is 0.140 e. The van der Waals surface area contributed by atoms with Crippen LogP contribution >= 0.6 is 27.5 Å². The largest absolute Gasteiger partial charge is 0.366 e. The van der Waals surface area contributed by atoms with Gasteiger partial charge in [0.25, 0.3) is 0 Å². The number of anilines is 1. The summed E-state index contributed by atoms with van der Waals surface area (Å²) in [5.74, 6) is 1.78. The zero-order valence-electron chi connectivity index (χ0n) is 9.34. The number of nitrogens with zero attached hydrogens (tertiary/aromatic N) is 1. The molecule has 2 rings (SSSR count). The van der Waals surface area contributed by atoms with Gasteiger partial charge in [0.1, 0.15) is 5.82 Å². The Labute approximate surface area is 110 Å². The summed E-state index contributed by atoms with van der Waals surface area (Å²) in [5.41, 5.74) is 0. The van der Waals surface area contributed by atoms with E-state index in [1.807, 2.05) is 6.07 Å². The van der Waals surface area contributed by atoms with Gasteiger partial charge in [-0.3, -0.25) is 0 Å². The lowest BCUT2D eigenvalue weighted by Crippen LogP contribution is -2.25. The molecule has 1 aliphatic carbocycles. The molecule has 0 spiro atoms. The first-order chi connectivity index (χ1) is 7.65. The molecule has 1 aromatic heterocycles. The Morgan fingerprint density at radius 1 is 1.38 bits per heavy atom. The van der Waals surface area contributed by atoms with Crippen molar-refractivity contribution < 1.29 is 0 Å². The molecule has 0 unspecified atom stereocenters. The average molecular weight is 304 g/mol. The van der Waals surface area contributed by atoms with Crippen LogP contribution in [-0.2, 0) is 0 Å². The highest BCUT2D eigenvalue weighted by molar-refractivity contribution is 9.10. The minimum Gasteiger partial charge on any atom is -0.366 e. The molecule has 0 amide bonds. The summed E-state index contributed by atoms with van der Waals surface area (Å²) in [6.07, 6.45) is 6.77. The van der Waals surface area contributed by atoms with E-state index in [4.69, 9.17) is 11.6 Å². The molecule has 4 heteroatoms. The molecule has 1 fully saturated rings. The molecule has 2 nitrogen and oxygen atoms in total. The Morgan fingerprint density at radius 3 is 2.69 bits per heavy atom. The molecule has 0 saturated heterocycles. The third kappa shape index (κ3) is 3.11. The monoisotopic (exact) mass is 302 g/mol. The molecule has 0 bridgehead atoms. The van der Waals surface area contributed by atoms with Gasteiger partial charge in [-0.2, -0.15) is 0 Å². The molecule has 1 aliphatic rings. The number of aromatic nitrogens is 1. The molecule has 1 heterocycles. The summed E-state index contributed by atoms with van der Waals surface area (Å²) in [6.45, 7) is 2.33. The SMILES string of the molecule is CC1CCC(Nc2ncc(Cl)cc2Br)CC1. The van der Waals surface area contributed by atoms with Crippen molar-refractivity contribution in [3.8, 4) is 0 Å². The van der Waals surface area contributed by atoms with Gasteiger partial charge >= 0.3 is 0 Å². The topological polar surface area (TPSA) is 24.9 Å². The molecule has 0 atom stereocenters. The summed E-state index contributed by atoms with van der Waals surface area (Å²) in [7, 11) is 0. The average Bonchev–Trinajstić information content (AvgIpc) is 2.25. The van der Waals surface area contributed by atoms with Crippen molar-refractivity contribution >= 4 is 33.3 Å². The van der Waals surface area contributed by atoms with Crippen molar-refractivity contribution in [3.63, 3.8) is 0 Å².